The van der Waals surface area contributed by atoms with Gasteiger partial charge < -0.3 is 19.1 Å². The number of hydrogen-bond acceptors (Lipinski definition) is 5. The van der Waals surface area contributed by atoms with E-state index in [2.05, 4.69) is 0 Å². The van der Waals surface area contributed by atoms with E-state index < -0.39 is 11.7 Å². The first kappa shape index (κ1) is 19.5. The molecule has 4 rings (SSSR count). The molecule has 1 heterocycles. The molecule has 0 saturated carbocycles. The van der Waals surface area contributed by atoms with Crippen molar-refractivity contribution in [2.75, 3.05) is 26.2 Å². The van der Waals surface area contributed by atoms with Gasteiger partial charge in [0.2, 0.25) is 0 Å². The zero-order valence-corrected chi connectivity index (χ0v) is 17.0. The van der Waals surface area contributed by atoms with Gasteiger partial charge in [-0.2, -0.15) is 0 Å². The number of methoxy groups -OCH3 is 3. The molecule has 0 aliphatic carbocycles. The lowest BCUT2D eigenvalue weighted by atomic mass is 10.0. The van der Waals surface area contributed by atoms with Crippen molar-refractivity contribution in [3.05, 3.63) is 71.8 Å². The monoisotopic (exact) mass is 403 g/mol. The first-order valence-corrected chi connectivity index (χ1v) is 9.40. The van der Waals surface area contributed by atoms with Crippen molar-refractivity contribution in [3.63, 3.8) is 0 Å². The van der Waals surface area contributed by atoms with Gasteiger partial charge in [0, 0.05) is 6.07 Å². The molecule has 1 amide bonds. The average Bonchev–Trinajstić information content (AvgIpc) is 3.03. The number of hydrogen-bond donors (Lipinski definition) is 0. The first-order valence-electron chi connectivity index (χ1n) is 9.40. The number of carbonyl (C=O) groups is 2. The molecule has 3 aromatic carbocycles. The number of nitrogens with zero attached hydrogens (tertiary/aromatic N) is 1. The van der Waals surface area contributed by atoms with Gasteiger partial charge in [-0.25, -0.2) is 0 Å². The number of Topliss-reactive ketones (excluding diaryl/α,β-unsaturated/α-hetero) is 1. The Morgan fingerprint density at radius 1 is 0.700 bits per heavy atom. The highest BCUT2D eigenvalue weighted by molar-refractivity contribution is 6.52. The number of ketones is 1. The topological polar surface area (TPSA) is 65.1 Å². The van der Waals surface area contributed by atoms with E-state index in [-0.39, 0.29) is 0 Å². The van der Waals surface area contributed by atoms with E-state index in [1.807, 2.05) is 48.5 Å². The van der Waals surface area contributed by atoms with Gasteiger partial charge in [0.1, 0.15) is 17.2 Å². The van der Waals surface area contributed by atoms with Crippen LogP contribution in [0.15, 0.2) is 60.7 Å². The molecule has 0 atom stereocenters. The summed E-state index contributed by atoms with van der Waals surface area (Å²) in [5.41, 5.74) is 3.56. The molecule has 3 aromatic rings. The molecule has 0 saturated heterocycles. The lowest BCUT2D eigenvalue weighted by Gasteiger charge is -2.17. The van der Waals surface area contributed by atoms with Crippen LogP contribution in [0, 0.1) is 0 Å². The third kappa shape index (κ3) is 3.48. The Kier molecular flexibility index (Phi) is 5.14. The van der Waals surface area contributed by atoms with Crippen LogP contribution in [0.1, 0.15) is 15.9 Å². The van der Waals surface area contributed by atoms with Crippen LogP contribution >= 0.6 is 0 Å². The summed E-state index contributed by atoms with van der Waals surface area (Å²) in [6.07, 6.45) is 0. The summed E-state index contributed by atoms with van der Waals surface area (Å²) >= 11 is 0. The molecular weight excluding hydrogens is 382 g/mol. The van der Waals surface area contributed by atoms with Crippen molar-refractivity contribution in [2.45, 2.75) is 6.54 Å². The molecular formula is C24H21NO5. The van der Waals surface area contributed by atoms with Gasteiger partial charge >= 0.3 is 0 Å². The molecule has 1 aliphatic heterocycles. The van der Waals surface area contributed by atoms with Crippen molar-refractivity contribution in [2.24, 2.45) is 0 Å². The van der Waals surface area contributed by atoms with Crippen molar-refractivity contribution in [3.8, 4) is 28.4 Å². The zero-order valence-electron chi connectivity index (χ0n) is 17.0. The quantitative estimate of drug-likeness (QED) is 0.580. The van der Waals surface area contributed by atoms with Gasteiger partial charge in [-0.05, 0) is 53.1 Å². The van der Waals surface area contributed by atoms with Gasteiger partial charge in [0.05, 0.1) is 39.1 Å². The van der Waals surface area contributed by atoms with Crippen LogP contribution in [0.3, 0.4) is 0 Å². The van der Waals surface area contributed by atoms with Gasteiger partial charge in [0.25, 0.3) is 11.7 Å². The Morgan fingerprint density at radius 2 is 1.33 bits per heavy atom. The van der Waals surface area contributed by atoms with Gasteiger partial charge in [0.15, 0.2) is 0 Å². The number of anilines is 1. The van der Waals surface area contributed by atoms with Crippen molar-refractivity contribution < 1.29 is 23.8 Å². The summed E-state index contributed by atoms with van der Waals surface area (Å²) < 4.78 is 15.8. The van der Waals surface area contributed by atoms with E-state index in [4.69, 9.17) is 14.2 Å². The SMILES string of the molecule is COc1ccc(CN2C(=O)C(=O)c3cc(-c4cc(OC)cc(OC)c4)ccc32)cc1. The Hall–Kier alpha value is -3.80. The number of rotatable bonds is 6. The molecule has 0 fully saturated rings. The van der Waals surface area contributed by atoms with E-state index in [9.17, 15) is 9.59 Å². The third-order valence-electron chi connectivity index (χ3n) is 5.16. The second kappa shape index (κ2) is 7.91. The lowest BCUT2D eigenvalue weighted by Crippen LogP contribution is -2.29. The highest BCUT2D eigenvalue weighted by atomic mass is 16.5. The average molecular weight is 403 g/mol. The minimum absolute atomic E-state index is 0.313. The maximum absolute atomic E-state index is 12.7. The molecule has 6 heteroatoms. The summed E-state index contributed by atoms with van der Waals surface area (Å²) in [5, 5.41) is 0. The maximum atomic E-state index is 12.7. The first-order chi connectivity index (χ1) is 14.5. The lowest BCUT2D eigenvalue weighted by molar-refractivity contribution is -0.114. The normalized spacial score (nSPS) is 12.7. The minimum atomic E-state index is -0.527. The minimum Gasteiger partial charge on any atom is -0.497 e. The van der Waals surface area contributed by atoms with Crippen molar-refractivity contribution >= 4 is 17.4 Å². The Balaban J connectivity index is 1.68. The molecule has 0 radical (unpaired) electrons. The van der Waals surface area contributed by atoms with Crippen LogP contribution in [0.25, 0.3) is 11.1 Å². The van der Waals surface area contributed by atoms with E-state index in [0.29, 0.717) is 29.3 Å². The third-order valence-corrected chi connectivity index (χ3v) is 5.16. The summed E-state index contributed by atoms with van der Waals surface area (Å²) in [7, 11) is 4.77. The second-order valence-electron chi connectivity index (χ2n) is 6.90. The van der Waals surface area contributed by atoms with Gasteiger partial charge in [-0.3, -0.25) is 9.59 Å². The van der Waals surface area contributed by atoms with Crippen LogP contribution in [0.2, 0.25) is 0 Å². The smallest absolute Gasteiger partial charge is 0.299 e. The van der Waals surface area contributed by atoms with E-state index in [1.54, 1.807) is 33.5 Å². The van der Waals surface area contributed by atoms with Gasteiger partial charge in [-0.1, -0.05) is 18.2 Å². The highest BCUT2D eigenvalue weighted by Gasteiger charge is 2.36. The summed E-state index contributed by atoms with van der Waals surface area (Å²) in [5.74, 6) is 1.000. The van der Waals surface area contributed by atoms with Gasteiger partial charge in [-0.15, -0.1) is 0 Å². The van der Waals surface area contributed by atoms with Crippen LogP contribution < -0.4 is 19.1 Å². The molecule has 6 nitrogen and oxygen atoms in total. The van der Waals surface area contributed by atoms with E-state index in [1.165, 1.54) is 4.90 Å². The molecule has 152 valence electrons. The van der Waals surface area contributed by atoms with Crippen LogP contribution in [-0.2, 0) is 11.3 Å². The van der Waals surface area contributed by atoms with Crippen molar-refractivity contribution in [1.82, 2.24) is 0 Å². The van der Waals surface area contributed by atoms with Crippen LogP contribution in [0.5, 0.6) is 17.2 Å². The van der Waals surface area contributed by atoms with E-state index in [0.717, 1.165) is 22.4 Å². The molecule has 30 heavy (non-hydrogen) atoms. The number of ether oxygens (including phenoxy) is 3. The fraction of sp³-hybridized carbons (Fsp3) is 0.167. The molecule has 0 unspecified atom stereocenters. The highest BCUT2D eigenvalue weighted by Crippen LogP contribution is 2.36. The Labute approximate surface area is 174 Å². The predicted molar refractivity (Wildman–Crippen MR) is 113 cm³/mol. The van der Waals surface area contributed by atoms with Crippen LogP contribution in [-0.4, -0.2) is 33.0 Å². The predicted octanol–water partition coefficient (Wildman–Crippen LogP) is 4.11. The molecule has 0 N–H and O–H groups in total. The Morgan fingerprint density at radius 3 is 1.93 bits per heavy atom. The maximum Gasteiger partial charge on any atom is 0.299 e. The number of fused-ring (bicyclic) bond motifs is 1. The van der Waals surface area contributed by atoms with E-state index >= 15 is 0 Å². The second-order valence-corrected chi connectivity index (χ2v) is 6.90. The zero-order chi connectivity index (χ0) is 21.3. The molecule has 0 aromatic heterocycles. The largest absolute Gasteiger partial charge is 0.497 e. The van der Waals surface area contributed by atoms with Crippen molar-refractivity contribution in [1.29, 1.82) is 0 Å². The number of carbonyl (C=O) groups excluding carboxylic acids is 2. The number of benzene rings is 3. The number of amides is 1. The molecule has 0 spiro atoms. The summed E-state index contributed by atoms with van der Waals surface area (Å²) in [6.45, 7) is 0.313. The molecule has 1 aliphatic rings. The summed E-state index contributed by atoms with van der Waals surface area (Å²) in [6, 6.07) is 18.4. The standard InChI is InChI=1S/C24H21NO5/c1-28-18-7-4-15(5-8-18)14-25-22-9-6-16(12-21(22)23(26)24(25)27)17-10-19(29-2)13-20(11-17)30-3/h4-13H,14H2,1-3H3. The van der Waals surface area contributed by atoms with Crippen LogP contribution in [0.4, 0.5) is 5.69 Å². The Bertz CT molecular complexity index is 1100. The summed E-state index contributed by atoms with van der Waals surface area (Å²) in [4.78, 5) is 26.8. The fourth-order valence-electron chi connectivity index (χ4n) is 3.52. The fourth-order valence-corrected chi connectivity index (χ4v) is 3.52. The molecule has 0 bridgehead atoms.